The molecule has 0 amide bonds. The Labute approximate surface area is 110 Å². The van der Waals surface area contributed by atoms with E-state index in [0.717, 1.165) is 18.6 Å². The smallest absolute Gasteiger partial charge is 0.130 e. The highest BCUT2D eigenvalue weighted by molar-refractivity contribution is 5.27. The minimum atomic E-state index is -0.264. The van der Waals surface area contributed by atoms with Gasteiger partial charge in [-0.25, -0.2) is 0 Å². The summed E-state index contributed by atoms with van der Waals surface area (Å²) in [5.41, 5.74) is 1.32. The van der Waals surface area contributed by atoms with E-state index >= 15 is 0 Å². The number of nitrogens with zero attached hydrogens (tertiary/aromatic N) is 1. The Balaban J connectivity index is 2.45. The van der Waals surface area contributed by atoms with Gasteiger partial charge in [0.1, 0.15) is 18.4 Å². The first-order valence-corrected chi connectivity index (χ1v) is 6.53. The van der Waals surface area contributed by atoms with Crippen LogP contribution in [0, 0.1) is 11.3 Å². The van der Waals surface area contributed by atoms with Gasteiger partial charge in [-0.15, -0.1) is 0 Å². The molecule has 1 unspecified atom stereocenters. The second-order valence-corrected chi connectivity index (χ2v) is 4.71. The van der Waals surface area contributed by atoms with E-state index in [2.05, 4.69) is 30.4 Å². The molecular weight excluding hydrogens is 224 g/mol. The highest BCUT2D eigenvalue weighted by Crippen LogP contribution is 2.13. The molecule has 1 rings (SSSR count). The van der Waals surface area contributed by atoms with Crippen LogP contribution in [-0.4, -0.2) is 18.7 Å². The molecule has 0 radical (unpaired) electrons. The number of ether oxygens (including phenoxy) is 1. The molecule has 0 heterocycles. The van der Waals surface area contributed by atoms with Crippen LogP contribution >= 0.6 is 0 Å². The van der Waals surface area contributed by atoms with E-state index in [4.69, 9.17) is 10.00 Å². The van der Waals surface area contributed by atoms with Crippen molar-refractivity contribution in [3.8, 4) is 11.8 Å². The molecule has 1 N–H and O–H groups in total. The molecule has 0 spiro atoms. The van der Waals surface area contributed by atoms with Crippen molar-refractivity contribution in [2.45, 2.75) is 45.7 Å². The van der Waals surface area contributed by atoms with E-state index < -0.39 is 0 Å². The van der Waals surface area contributed by atoms with Crippen molar-refractivity contribution in [1.29, 1.82) is 5.26 Å². The molecule has 18 heavy (non-hydrogen) atoms. The Bertz CT molecular complexity index is 378. The monoisotopic (exact) mass is 246 g/mol. The van der Waals surface area contributed by atoms with Crippen LogP contribution in [0.5, 0.6) is 5.75 Å². The van der Waals surface area contributed by atoms with Crippen molar-refractivity contribution in [2.24, 2.45) is 0 Å². The van der Waals surface area contributed by atoms with Crippen LogP contribution in [-0.2, 0) is 6.42 Å². The molecule has 0 aliphatic heterocycles. The van der Waals surface area contributed by atoms with Gasteiger partial charge in [0.15, 0.2) is 0 Å². The molecule has 1 aromatic carbocycles. The topological polar surface area (TPSA) is 45.0 Å². The van der Waals surface area contributed by atoms with Gasteiger partial charge in [-0.3, -0.25) is 5.32 Å². The Hall–Kier alpha value is -1.53. The fourth-order valence-corrected chi connectivity index (χ4v) is 1.75. The lowest BCUT2D eigenvalue weighted by atomic mass is 10.1. The van der Waals surface area contributed by atoms with E-state index in [1.54, 1.807) is 0 Å². The summed E-state index contributed by atoms with van der Waals surface area (Å²) in [6.45, 7) is 6.58. The largest absolute Gasteiger partial charge is 0.491 e. The number of nitriles is 1. The second kappa shape index (κ2) is 7.73. The van der Waals surface area contributed by atoms with E-state index in [0.29, 0.717) is 6.61 Å². The lowest BCUT2D eigenvalue weighted by molar-refractivity contribution is 0.282. The molecule has 0 aliphatic rings. The average Bonchev–Trinajstić information content (AvgIpc) is 2.36. The van der Waals surface area contributed by atoms with Crippen molar-refractivity contribution < 1.29 is 4.74 Å². The summed E-state index contributed by atoms with van der Waals surface area (Å²) in [5, 5.41) is 12.1. The van der Waals surface area contributed by atoms with Crippen LogP contribution in [0.25, 0.3) is 0 Å². The van der Waals surface area contributed by atoms with Crippen molar-refractivity contribution in [2.75, 3.05) is 6.61 Å². The summed E-state index contributed by atoms with van der Waals surface area (Å²) in [5.74, 6) is 0.820. The third kappa shape index (κ3) is 5.20. The zero-order valence-electron chi connectivity index (χ0n) is 11.4. The van der Waals surface area contributed by atoms with Crippen LogP contribution in [0.3, 0.4) is 0 Å². The van der Waals surface area contributed by atoms with Crippen LogP contribution in [0.2, 0.25) is 0 Å². The molecule has 0 bridgehead atoms. The number of rotatable bonds is 7. The predicted molar refractivity (Wildman–Crippen MR) is 73.6 cm³/mol. The number of benzene rings is 1. The third-order valence-corrected chi connectivity index (χ3v) is 2.57. The fraction of sp³-hybridized carbons (Fsp3) is 0.533. The summed E-state index contributed by atoms with van der Waals surface area (Å²) < 4.78 is 5.61. The van der Waals surface area contributed by atoms with Gasteiger partial charge in [-0.2, -0.15) is 5.26 Å². The Morgan fingerprint density at radius 3 is 2.44 bits per heavy atom. The maximum absolute atomic E-state index is 8.97. The minimum absolute atomic E-state index is 0.264. The lowest BCUT2D eigenvalue weighted by Gasteiger charge is -2.15. The SMILES string of the molecule is CCCc1ccc(OCC(C#N)NC(C)C)cc1. The Morgan fingerprint density at radius 2 is 1.94 bits per heavy atom. The summed E-state index contributed by atoms with van der Waals surface area (Å²) in [7, 11) is 0. The molecule has 3 nitrogen and oxygen atoms in total. The zero-order chi connectivity index (χ0) is 13.4. The van der Waals surface area contributed by atoms with Crippen LogP contribution < -0.4 is 10.1 Å². The van der Waals surface area contributed by atoms with Crippen molar-refractivity contribution >= 4 is 0 Å². The summed E-state index contributed by atoms with van der Waals surface area (Å²) in [6.07, 6.45) is 2.24. The first kappa shape index (κ1) is 14.5. The quantitative estimate of drug-likeness (QED) is 0.804. The summed E-state index contributed by atoms with van der Waals surface area (Å²) >= 11 is 0. The van der Waals surface area contributed by atoms with Crippen molar-refractivity contribution in [3.63, 3.8) is 0 Å². The molecule has 0 aromatic heterocycles. The maximum atomic E-state index is 8.97. The van der Waals surface area contributed by atoms with Gasteiger partial charge in [0.25, 0.3) is 0 Å². The van der Waals surface area contributed by atoms with Gasteiger partial charge in [0, 0.05) is 6.04 Å². The summed E-state index contributed by atoms with van der Waals surface area (Å²) in [4.78, 5) is 0. The van der Waals surface area contributed by atoms with Crippen LogP contribution in [0.15, 0.2) is 24.3 Å². The average molecular weight is 246 g/mol. The summed E-state index contributed by atoms with van der Waals surface area (Å²) in [6, 6.07) is 10.3. The molecule has 1 atom stereocenters. The molecule has 0 saturated heterocycles. The Morgan fingerprint density at radius 1 is 1.28 bits per heavy atom. The fourth-order valence-electron chi connectivity index (χ4n) is 1.75. The normalized spacial score (nSPS) is 12.2. The van der Waals surface area contributed by atoms with Gasteiger partial charge in [0.2, 0.25) is 0 Å². The molecule has 3 heteroatoms. The van der Waals surface area contributed by atoms with E-state index in [9.17, 15) is 0 Å². The molecular formula is C15H22N2O. The molecule has 1 aromatic rings. The van der Waals surface area contributed by atoms with E-state index in [-0.39, 0.29) is 12.1 Å². The first-order valence-electron chi connectivity index (χ1n) is 6.53. The highest BCUT2D eigenvalue weighted by Gasteiger charge is 2.09. The predicted octanol–water partition coefficient (Wildman–Crippen LogP) is 2.91. The van der Waals surface area contributed by atoms with Gasteiger partial charge in [-0.05, 0) is 38.0 Å². The maximum Gasteiger partial charge on any atom is 0.130 e. The van der Waals surface area contributed by atoms with Gasteiger partial charge in [-0.1, -0.05) is 25.5 Å². The minimum Gasteiger partial charge on any atom is -0.491 e. The molecule has 0 saturated carbocycles. The van der Waals surface area contributed by atoms with Gasteiger partial charge >= 0.3 is 0 Å². The number of hydrogen-bond donors (Lipinski definition) is 1. The van der Waals surface area contributed by atoms with E-state index in [1.165, 1.54) is 5.56 Å². The second-order valence-electron chi connectivity index (χ2n) is 4.71. The van der Waals surface area contributed by atoms with Crippen LogP contribution in [0.4, 0.5) is 0 Å². The standard InChI is InChI=1S/C15H22N2O/c1-4-5-13-6-8-15(9-7-13)18-11-14(10-16)17-12(2)3/h6-9,12,14,17H,4-5,11H2,1-3H3. The van der Waals surface area contributed by atoms with Gasteiger partial charge < -0.3 is 4.74 Å². The highest BCUT2D eigenvalue weighted by atomic mass is 16.5. The van der Waals surface area contributed by atoms with E-state index in [1.807, 2.05) is 26.0 Å². The molecule has 0 aliphatic carbocycles. The first-order chi connectivity index (χ1) is 8.65. The Kier molecular flexibility index (Phi) is 6.24. The van der Waals surface area contributed by atoms with Crippen LogP contribution in [0.1, 0.15) is 32.8 Å². The zero-order valence-corrected chi connectivity index (χ0v) is 11.4. The molecule has 0 fully saturated rings. The lowest BCUT2D eigenvalue weighted by Crippen LogP contribution is -2.37. The van der Waals surface area contributed by atoms with Gasteiger partial charge in [0.05, 0.1) is 6.07 Å². The number of hydrogen-bond acceptors (Lipinski definition) is 3. The van der Waals surface area contributed by atoms with Crippen molar-refractivity contribution in [1.82, 2.24) is 5.32 Å². The molecule has 98 valence electrons. The number of aryl methyl sites for hydroxylation is 1. The van der Waals surface area contributed by atoms with Crippen molar-refractivity contribution in [3.05, 3.63) is 29.8 Å². The number of nitrogens with one attached hydrogen (secondary N) is 1. The third-order valence-electron chi connectivity index (χ3n) is 2.57.